The number of hydrogen-bond acceptors (Lipinski definition) is 6. The van der Waals surface area contributed by atoms with E-state index in [1.165, 1.54) is 0 Å². The van der Waals surface area contributed by atoms with Crippen molar-refractivity contribution in [3.63, 3.8) is 0 Å². The molecule has 0 aliphatic carbocycles. The number of para-hydroxylation sites is 1. The van der Waals surface area contributed by atoms with Gasteiger partial charge in [-0.3, -0.25) is 14.4 Å². The minimum absolute atomic E-state index is 0.0532. The van der Waals surface area contributed by atoms with Crippen molar-refractivity contribution in [3.05, 3.63) is 77.4 Å². The third-order valence-corrected chi connectivity index (χ3v) is 10.2. The van der Waals surface area contributed by atoms with Gasteiger partial charge in [0.2, 0.25) is 11.8 Å². The number of unbranched alkanes of at least 4 members (excludes halogenated alkanes) is 2. The van der Waals surface area contributed by atoms with E-state index in [1.807, 2.05) is 81.5 Å². The molecule has 5 atom stereocenters. The van der Waals surface area contributed by atoms with Gasteiger partial charge in [-0.1, -0.05) is 55.0 Å². The lowest BCUT2D eigenvalue weighted by Gasteiger charge is -2.38. The summed E-state index contributed by atoms with van der Waals surface area (Å²) in [5.41, 5.74) is -0.313. The van der Waals surface area contributed by atoms with Crippen LogP contribution < -0.4 is 14.5 Å². The van der Waals surface area contributed by atoms with E-state index in [2.05, 4.69) is 0 Å². The Balaban J connectivity index is 1.45. The van der Waals surface area contributed by atoms with Crippen LogP contribution in [0.2, 0.25) is 5.02 Å². The highest BCUT2D eigenvalue weighted by Crippen LogP contribution is 2.59. The Kier molecular flexibility index (Phi) is 9.02. The van der Waals surface area contributed by atoms with E-state index >= 15 is 0 Å². The zero-order valence-corrected chi connectivity index (χ0v) is 27.4. The average molecular weight is 648 g/mol. The number of amides is 3. The predicted octanol–water partition coefficient (Wildman–Crippen LogP) is 5.08. The molecule has 0 bridgehead atoms. The number of hydrogen-bond donors (Lipinski definition) is 1. The quantitative estimate of drug-likeness (QED) is 0.285. The second-order valence-corrected chi connectivity index (χ2v) is 12.9. The molecule has 2 saturated heterocycles. The molecular formula is C36H42ClN3O6. The molecule has 0 radical (unpaired) electrons. The lowest BCUT2D eigenvalue weighted by atomic mass is 9.73. The second-order valence-electron chi connectivity index (χ2n) is 12.5. The molecule has 46 heavy (non-hydrogen) atoms. The van der Waals surface area contributed by atoms with Crippen molar-refractivity contribution < 1.29 is 29.0 Å². The van der Waals surface area contributed by atoms with Crippen molar-refractivity contribution in [1.29, 1.82) is 0 Å². The fourth-order valence-electron chi connectivity index (χ4n) is 7.86. The highest BCUT2D eigenvalue weighted by molar-refractivity contribution is 6.34. The maximum Gasteiger partial charge on any atom is 0.253 e. The Hall–Kier alpha value is -3.66. The Morgan fingerprint density at radius 1 is 0.913 bits per heavy atom. The van der Waals surface area contributed by atoms with Crippen LogP contribution in [0.15, 0.2) is 66.8 Å². The predicted molar refractivity (Wildman–Crippen MR) is 177 cm³/mol. The van der Waals surface area contributed by atoms with E-state index in [0.717, 1.165) is 5.56 Å². The number of aliphatic hydroxyl groups is 1. The minimum Gasteiger partial charge on any atom is -0.494 e. The van der Waals surface area contributed by atoms with Gasteiger partial charge in [-0.15, -0.1) is 0 Å². The molecule has 2 aromatic rings. The molecule has 2 fully saturated rings. The Bertz CT molecular complexity index is 1540. The van der Waals surface area contributed by atoms with E-state index in [-0.39, 0.29) is 30.9 Å². The third-order valence-electron chi connectivity index (χ3n) is 9.91. The number of carbonyl (C=O) groups excluding carboxylic acids is 3. The van der Waals surface area contributed by atoms with Crippen LogP contribution in [0.3, 0.4) is 0 Å². The number of aryl methyl sites for hydroxylation is 1. The number of nitrogens with zero attached hydrogens (tertiary/aromatic N) is 3. The summed E-state index contributed by atoms with van der Waals surface area (Å²) in [4.78, 5) is 49.3. The first-order valence-electron chi connectivity index (χ1n) is 16.3. The van der Waals surface area contributed by atoms with Gasteiger partial charge in [-0.2, -0.15) is 0 Å². The highest BCUT2D eigenvalue weighted by Gasteiger charge is 2.75. The van der Waals surface area contributed by atoms with Crippen LogP contribution in [-0.4, -0.2) is 77.8 Å². The van der Waals surface area contributed by atoms with E-state index in [4.69, 9.17) is 21.1 Å². The number of anilines is 2. The SMILES string of the molecule is CCOc1ccc(N2CC=C[C@@]3(CC)O[C@]45C=CCN(c6c(C)cccc6Cl)C(=O)C4N(CCCCCO)C(=O)[C@@H]5[C@H]3C2=O)cc1. The van der Waals surface area contributed by atoms with E-state index in [1.54, 1.807) is 20.8 Å². The summed E-state index contributed by atoms with van der Waals surface area (Å²) in [5.74, 6) is -1.83. The number of carbonyl (C=O) groups is 3. The van der Waals surface area contributed by atoms with Crippen molar-refractivity contribution in [2.45, 2.75) is 63.7 Å². The monoisotopic (exact) mass is 647 g/mol. The summed E-state index contributed by atoms with van der Waals surface area (Å²) in [6, 6.07) is 11.9. The first kappa shape index (κ1) is 32.3. The van der Waals surface area contributed by atoms with Gasteiger partial charge < -0.3 is 29.3 Å². The van der Waals surface area contributed by atoms with Crippen molar-refractivity contribution in [2.75, 3.05) is 42.6 Å². The molecule has 0 saturated carbocycles. The van der Waals surface area contributed by atoms with Crippen LogP contribution in [-0.2, 0) is 19.1 Å². The lowest BCUT2D eigenvalue weighted by molar-refractivity contribution is -0.145. The molecule has 9 nitrogen and oxygen atoms in total. The third kappa shape index (κ3) is 5.13. The van der Waals surface area contributed by atoms with Crippen LogP contribution in [0.25, 0.3) is 0 Å². The molecule has 6 rings (SSSR count). The fourth-order valence-corrected chi connectivity index (χ4v) is 8.18. The molecule has 0 aromatic heterocycles. The highest BCUT2D eigenvalue weighted by atomic mass is 35.5. The first-order valence-corrected chi connectivity index (χ1v) is 16.7. The summed E-state index contributed by atoms with van der Waals surface area (Å²) in [6.45, 7) is 7.25. The largest absolute Gasteiger partial charge is 0.494 e. The molecule has 1 spiro atoms. The number of ether oxygens (including phenoxy) is 2. The zero-order valence-electron chi connectivity index (χ0n) is 26.7. The number of rotatable bonds is 10. The van der Waals surface area contributed by atoms with Crippen LogP contribution >= 0.6 is 11.6 Å². The van der Waals surface area contributed by atoms with Gasteiger partial charge in [-0.25, -0.2) is 0 Å². The molecule has 4 aliphatic rings. The number of aliphatic hydroxyl groups excluding tert-OH is 1. The molecule has 2 aromatic carbocycles. The van der Waals surface area contributed by atoms with Crippen molar-refractivity contribution >= 4 is 40.7 Å². The fraction of sp³-hybridized carbons (Fsp3) is 0.472. The lowest BCUT2D eigenvalue weighted by Crippen LogP contribution is -2.56. The van der Waals surface area contributed by atoms with E-state index in [0.29, 0.717) is 67.5 Å². The molecule has 4 heterocycles. The summed E-state index contributed by atoms with van der Waals surface area (Å²) in [6.07, 6.45) is 9.95. The molecule has 244 valence electrons. The number of benzene rings is 2. The van der Waals surface area contributed by atoms with Gasteiger partial charge in [0.15, 0.2) is 0 Å². The van der Waals surface area contributed by atoms with E-state index < -0.39 is 29.1 Å². The van der Waals surface area contributed by atoms with Gasteiger partial charge in [0.05, 0.1) is 34.8 Å². The molecule has 4 aliphatic heterocycles. The summed E-state index contributed by atoms with van der Waals surface area (Å²) in [7, 11) is 0. The second kappa shape index (κ2) is 12.9. The van der Waals surface area contributed by atoms with Gasteiger partial charge in [0, 0.05) is 31.9 Å². The maximum atomic E-state index is 14.8. The number of fused-ring (bicyclic) bond motifs is 2. The van der Waals surface area contributed by atoms with Gasteiger partial charge in [-0.05, 0) is 75.4 Å². The normalized spacial score (nSPS) is 28.7. The topological polar surface area (TPSA) is 99.6 Å². The Morgan fingerprint density at radius 2 is 1.65 bits per heavy atom. The van der Waals surface area contributed by atoms with Gasteiger partial charge in [0.25, 0.3) is 5.91 Å². The average Bonchev–Trinajstić information content (AvgIpc) is 3.33. The van der Waals surface area contributed by atoms with E-state index in [9.17, 15) is 19.5 Å². The van der Waals surface area contributed by atoms with Crippen LogP contribution in [0.5, 0.6) is 5.75 Å². The summed E-state index contributed by atoms with van der Waals surface area (Å²) >= 11 is 6.68. The van der Waals surface area contributed by atoms with Crippen LogP contribution in [0.1, 0.15) is 45.1 Å². The van der Waals surface area contributed by atoms with Crippen LogP contribution in [0.4, 0.5) is 11.4 Å². The van der Waals surface area contributed by atoms with Crippen molar-refractivity contribution in [1.82, 2.24) is 4.90 Å². The smallest absolute Gasteiger partial charge is 0.253 e. The standard InChI is InChI=1S/C36H42ClN3O6/c1-4-35-18-10-21-38(25-14-16-26(17-15-25)45-5-2)32(42)28(35)29-33(43)40(20-7-6-8-23-41)31-34(44)39(22-11-19-36(29,31)46-35)30-24(3)12-9-13-27(30)37/h9-19,28-29,31,41H,4-8,20-23H2,1-3H3/t28-,29-,31?,35+,36-/m0/s1. The van der Waals surface area contributed by atoms with Gasteiger partial charge in [0.1, 0.15) is 17.4 Å². The summed E-state index contributed by atoms with van der Waals surface area (Å²) < 4.78 is 12.7. The van der Waals surface area contributed by atoms with Gasteiger partial charge >= 0.3 is 0 Å². The van der Waals surface area contributed by atoms with Crippen molar-refractivity contribution in [2.24, 2.45) is 11.8 Å². The molecule has 3 amide bonds. The van der Waals surface area contributed by atoms with Crippen molar-refractivity contribution in [3.8, 4) is 5.75 Å². The summed E-state index contributed by atoms with van der Waals surface area (Å²) in [5, 5.41) is 9.83. The Morgan fingerprint density at radius 3 is 2.35 bits per heavy atom. The zero-order chi connectivity index (χ0) is 32.6. The minimum atomic E-state index is -1.36. The number of likely N-dealkylation sites (tertiary alicyclic amines) is 1. The molecule has 1 N–H and O–H groups in total. The maximum absolute atomic E-state index is 14.8. The Labute approximate surface area is 275 Å². The number of halogens is 1. The molecule has 10 heteroatoms. The molecular weight excluding hydrogens is 606 g/mol. The first-order chi connectivity index (χ1) is 22.2. The van der Waals surface area contributed by atoms with Crippen LogP contribution in [0, 0.1) is 18.8 Å². The molecule has 1 unspecified atom stereocenters.